The molecule has 7 heteroatoms. The van der Waals surface area contributed by atoms with Crippen molar-refractivity contribution in [3.8, 4) is 0 Å². The fourth-order valence-corrected chi connectivity index (χ4v) is 1.70. The minimum absolute atomic E-state index is 0. The largest absolute Gasteiger partial charge is 1.00 e. The molecule has 0 radical (unpaired) electrons. The van der Waals surface area contributed by atoms with E-state index in [2.05, 4.69) is 0 Å². The third-order valence-corrected chi connectivity index (χ3v) is 2.64. The first-order chi connectivity index (χ1) is 8.63. The van der Waals surface area contributed by atoms with Gasteiger partial charge in [0.25, 0.3) is 0 Å². The first-order valence-corrected chi connectivity index (χ1v) is 5.75. The van der Waals surface area contributed by atoms with Gasteiger partial charge in [0.05, 0.1) is 0 Å². The number of ketones is 1. The van der Waals surface area contributed by atoms with E-state index < -0.39 is 11.9 Å². The molecule has 1 atom stereocenters. The van der Waals surface area contributed by atoms with E-state index in [1.54, 1.807) is 18.4 Å². The van der Waals surface area contributed by atoms with Crippen LogP contribution in [0.2, 0.25) is 0 Å². The number of hydrogen-bond donors (Lipinski definition) is 0. The molecule has 0 saturated carbocycles. The number of benzene rings is 1. The minimum atomic E-state index is -1.23. The molecule has 1 rings (SSSR count). The Morgan fingerprint density at radius 3 is 2.19 bits per heavy atom. The molecule has 1 aromatic carbocycles. The molecule has 1 unspecified atom stereocenters. The predicted octanol–water partition coefficient (Wildman–Crippen LogP) is -5.72. The van der Waals surface area contributed by atoms with Gasteiger partial charge in [-0.2, -0.15) is 0 Å². The van der Waals surface area contributed by atoms with Crippen LogP contribution in [0, 0.1) is 5.92 Å². The molecule has 0 aliphatic carbocycles. The molecule has 0 amide bonds. The van der Waals surface area contributed by atoms with Crippen molar-refractivity contribution in [1.82, 2.24) is 0 Å². The normalized spacial score (nSPS) is 10.1. The van der Waals surface area contributed by atoms with E-state index in [-0.39, 0.29) is 96.1 Å². The smallest absolute Gasteiger partial charge is 0.870 e. The van der Waals surface area contributed by atoms with Gasteiger partial charge in [0.2, 0.25) is 0 Å². The van der Waals surface area contributed by atoms with Crippen molar-refractivity contribution in [3.63, 3.8) is 0 Å². The number of carbonyl (C=O) groups excluding carboxylic acids is 3. The van der Waals surface area contributed by atoms with E-state index in [1.807, 2.05) is 18.2 Å². The van der Waals surface area contributed by atoms with E-state index in [4.69, 9.17) is 0 Å². The summed E-state index contributed by atoms with van der Waals surface area (Å²) in [7, 11) is 0. The number of hydrogen-bond acceptors (Lipinski definition) is 5. The van der Waals surface area contributed by atoms with Crippen molar-refractivity contribution in [1.29, 1.82) is 0 Å². The van der Waals surface area contributed by atoms with Gasteiger partial charge in [-0.1, -0.05) is 30.3 Å². The Labute approximate surface area is 168 Å². The molecule has 0 heterocycles. The predicted molar refractivity (Wildman–Crippen MR) is 65.1 cm³/mol. The van der Waals surface area contributed by atoms with Crippen LogP contribution in [-0.4, -0.2) is 23.5 Å². The van der Waals surface area contributed by atoms with Crippen LogP contribution in [0.25, 0.3) is 0 Å². The van der Waals surface area contributed by atoms with E-state index in [1.165, 1.54) is 0 Å². The summed E-state index contributed by atoms with van der Waals surface area (Å²) in [6.07, 6.45) is 1.84. The Balaban J connectivity index is -0.00000108. The zero-order valence-corrected chi connectivity index (χ0v) is 16.4. The van der Waals surface area contributed by atoms with Crippen molar-refractivity contribution < 1.29 is 84.1 Å². The Bertz CT molecular complexity index is 423. The molecule has 0 aliphatic rings. The van der Waals surface area contributed by atoms with Gasteiger partial charge in [-0.05, 0) is 18.4 Å². The van der Waals surface area contributed by atoms with Gasteiger partial charge >= 0.3 is 59.1 Å². The molecule has 0 saturated heterocycles. The SMILES string of the molecule is O=[C-]CCC(=O)CC(Cc1ccccc1)C(=O)[O-].[Na+].[Na+].[OH-]. The number of carboxylic acids is 1. The van der Waals surface area contributed by atoms with Crippen molar-refractivity contribution in [2.45, 2.75) is 25.7 Å². The Kier molecular flexibility index (Phi) is 18.4. The maximum absolute atomic E-state index is 11.4. The van der Waals surface area contributed by atoms with E-state index in [0.717, 1.165) is 5.56 Å². The topological polar surface area (TPSA) is 104 Å². The molecule has 0 spiro atoms. The third kappa shape index (κ3) is 11.2. The van der Waals surface area contributed by atoms with Crippen LogP contribution < -0.4 is 64.2 Å². The molecule has 0 bridgehead atoms. The molecule has 0 fully saturated rings. The summed E-state index contributed by atoms with van der Waals surface area (Å²) in [4.78, 5) is 32.4. The van der Waals surface area contributed by atoms with Crippen LogP contribution in [0.4, 0.5) is 0 Å². The maximum Gasteiger partial charge on any atom is 1.00 e. The average Bonchev–Trinajstić information content (AvgIpc) is 2.36. The number of aliphatic carboxylic acids is 1. The Morgan fingerprint density at radius 1 is 1.14 bits per heavy atom. The summed E-state index contributed by atoms with van der Waals surface area (Å²) < 4.78 is 0. The van der Waals surface area contributed by atoms with Crippen LogP contribution in [0.15, 0.2) is 30.3 Å². The molecule has 104 valence electrons. The molecular weight excluding hydrogens is 294 g/mol. The third-order valence-electron chi connectivity index (χ3n) is 2.64. The molecular formula is C14H15Na2O5-. The number of Topliss-reactive ketones (excluding diaryl/α,β-unsaturated/α-hetero) is 1. The second-order valence-corrected chi connectivity index (χ2v) is 4.09. The van der Waals surface area contributed by atoms with Gasteiger partial charge in [0.15, 0.2) is 0 Å². The van der Waals surface area contributed by atoms with Gasteiger partial charge in [0.1, 0.15) is 5.78 Å². The quantitative estimate of drug-likeness (QED) is 0.351. The second-order valence-electron chi connectivity index (χ2n) is 4.09. The molecule has 1 aromatic rings. The van der Waals surface area contributed by atoms with Gasteiger partial charge in [-0.25, -0.2) is 0 Å². The van der Waals surface area contributed by atoms with Crippen LogP contribution in [-0.2, 0) is 20.8 Å². The summed E-state index contributed by atoms with van der Waals surface area (Å²) >= 11 is 0. The second kappa shape index (κ2) is 14.9. The van der Waals surface area contributed by atoms with Gasteiger partial charge < -0.3 is 20.2 Å². The van der Waals surface area contributed by atoms with Crippen LogP contribution in [0.1, 0.15) is 24.8 Å². The van der Waals surface area contributed by atoms with Crippen LogP contribution in [0.3, 0.4) is 0 Å². The summed E-state index contributed by atoms with van der Waals surface area (Å²) in [5.41, 5.74) is 0.849. The van der Waals surface area contributed by atoms with Crippen molar-refractivity contribution >= 4 is 18.0 Å². The first kappa shape index (κ1) is 25.9. The number of rotatable bonds is 8. The maximum atomic E-state index is 11.4. The van der Waals surface area contributed by atoms with Gasteiger partial charge in [0, 0.05) is 18.3 Å². The molecule has 21 heavy (non-hydrogen) atoms. The van der Waals surface area contributed by atoms with E-state index in [9.17, 15) is 19.5 Å². The standard InChI is InChI=1S/C14H15O4.2Na.H2O/c15-8-4-7-13(16)10-12(14(17)18)9-11-5-2-1-3-6-11;;;/h1-3,5-6,12H,4,7,9-10H2,(H,17,18);;;1H2/q-1;2*+1;/p-2. The summed E-state index contributed by atoms with van der Waals surface area (Å²) in [6, 6.07) is 9.07. The number of carbonyl (C=O) groups is 2. The summed E-state index contributed by atoms with van der Waals surface area (Å²) in [5, 5.41) is 11.0. The first-order valence-electron chi connectivity index (χ1n) is 5.75. The molecule has 0 aromatic heterocycles. The molecule has 5 nitrogen and oxygen atoms in total. The Morgan fingerprint density at radius 2 is 1.71 bits per heavy atom. The van der Waals surface area contributed by atoms with Crippen molar-refractivity contribution in [3.05, 3.63) is 35.9 Å². The monoisotopic (exact) mass is 309 g/mol. The zero-order valence-electron chi connectivity index (χ0n) is 12.4. The fourth-order valence-electron chi connectivity index (χ4n) is 1.70. The summed E-state index contributed by atoms with van der Waals surface area (Å²) in [6.45, 7) is 0. The fraction of sp³-hybridized carbons (Fsp3) is 0.357. The summed E-state index contributed by atoms with van der Waals surface area (Å²) in [5.74, 6) is -2.32. The average molecular weight is 309 g/mol. The number of carboxylic acid groups (broad SMARTS) is 1. The Hall–Kier alpha value is -0.01000. The minimum Gasteiger partial charge on any atom is -0.870 e. The van der Waals surface area contributed by atoms with Crippen LogP contribution in [0.5, 0.6) is 0 Å². The zero-order chi connectivity index (χ0) is 13.4. The van der Waals surface area contributed by atoms with Crippen molar-refractivity contribution in [2.75, 3.05) is 0 Å². The van der Waals surface area contributed by atoms with Gasteiger partial charge in [-0.15, -0.1) is 6.42 Å². The van der Waals surface area contributed by atoms with Gasteiger partial charge in [-0.3, -0.25) is 11.1 Å². The van der Waals surface area contributed by atoms with Crippen molar-refractivity contribution in [2.24, 2.45) is 5.92 Å². The van der Waals surface area contributed by atoms with E-state index >= 15 is 0 Å². The van der Waals surface area contributed by atoms with Crippen LogP contribution >= 0.6 is 0 Å². The molecule has 1 N–H and O–H groups in total. The molecule has 0 aliphatic heterocycles. The van der Waals surface area contributed by atoms with E-state index in [0.29, 0.717) is 0 Å².